The summed E-state index contributed by atoms with van der Waals surface area (Å²) in [4.78, 5) is 0. The van der Waals surface area contributed by atoms with Crippen LogP contribution in [0, 0.1) is 0 Å². The highest BCUT2D eigenvalue weighted by Crippen LogP contribution is 2.01. The van der Waals surface area contributed by atoms with E-state index in [1.165, 1.54) is 11.1 Å². The van der Waals surface area contributed by atoms with E-state index in [9.17, 15) is 0 Å². The van der Waals surface area contributed by atoms with Crippen LogP contribution in [-0.4, -0.2) is 0 Å². The topological polar surface area (TPSA) is 0 Å². The Bertz CT molecular complexity index is 155. The van der Waals surface area contributed by atoms with Crippen molar-refractivity contribution in [2.75, 3.05) is 0 Å². The molecule has 0 amide bonds. The zero-order chi connectivity index (χ0) is 7.98. The van der Waals surface area contributed by atoms with Crippen molar-refractivity contribution in [2.45, 2.75) is 27.2 Å². The normalized spacial score (nSPS) is 10.9. The highest BCUT2D eigenvalue weighted by atomic mass is 13.9. The van der Waals surface area contributed by atoms with Crippen LogP contribution >= 0.6 is 0 Å². The Morgan fingerprint density at radius 2 is 1.90 bits per heavy atom. The third-order valence-corrected chi connectivity index (χ3v) is 1.12. The van der Waals surface area contributed by atoms with Crippen LogP contribution in [-0.2, 0) is 0 Å². The summed E-state index contributed by atoms with van der Waals surface area (Å²) in [6.45, 7) is 9.96. The summed E-state index contributed by atoms with van der Waals surface area (Å²) < 4.78 is 0. The van der Waals surface area contributed by atoms with Crippen molar-refractivity contribution in [2.24, 2.45) is 0 Å². The van der Waals surface area contributed by atoms with Gasteiger partial charge in [0.05, 0.1) is 0 Å². The number of rotatable bonds is 3. The van der Waals surface area contributed by atoms with Crippen LogP contribution in [0.5, 0.6) is 0 Å². The smallest absolute Gasteiger partial charge is 0.0166 e. The van der Waals surface area contributed by atoms with Gasteiger partial charge in [-0.1, -0.05) is 29.4 Å². The van der Waals surface area contributed by atoms with E-state index < -0.39 is 0 Å². The Morgan fingerprint density at radius 1 is 1.30 bits per heavy atom. The average molecular weight is 136 g/mol. The molecule has 56 valence electrons. The van der Waals surface area contributed by atoms with Crippen molar-refractivity contribution >= 4 is 0 Å². The SMILES string of the molecule is C=CCC=C(C)C=C(C)C. The third-order valence-electron chi connectivity index (χ3n) is 1.12. The quantitative estimate of drug-likeness (QED) is 0.411. The molecule has 0 aliphatic heterocycles. The first kappa shape index (κ1) is 9.22. The molecular formula is C10H16. The highest BCUT2D eigenvalue weighted by molar-refractivity contribution is 5.19. The molecule has 0 nitrogen and oxygen atoms in total. The van der Waals surface area contributed by atoms with Crippen LogP contribution in [0.4, 0.5) is 0 Å². The molecule has 0 aromatic heterocycles. The van der Waals surface area contributed by atoms with Gasteiger partial charge >= 0.3 is 0 Å². The lowest BCUT2D eigenvalue weighted by Crippen LogP contribution is -1.70. The van der Waals surface area contributed by atoms with Gasteiger partial charge in [-0.2, -0.15) is 0 Å². The van der Waals surface area contributed by atoms with E-state index in [1.807, 2.05) is 6.08 Å². The molecule has 0 aromatic rings. The molecule has 0 spiro atoms. The summed E-state index contributed by atoms with van der Waals surface area (Å²) in [5, 5.41) is 0. The lowest BCUT2D eigenvalue weighted by Gasteiger charge is -1.91. The largest absolute Gasteiger partial charge is 0.103 e. The summed E-state index contributed by atoms with van der Waals surface area (Å²) in [7, 11) is 0. The van der Waals surface area contributed by atoms with Crippen LogP contribution in [0.15, 0.2) is 36.0 Å². The van der Waals surface area contributed by atoms with Crippen molar-refractivity contribution in [1.82, 2.24) is 0 Å². The van der Waals surface area contributed by atoms with Crippen LogP contribution in [0.1, 0.15) is 27.2 Å². The molecule has 0 atom stereocenters. The molecule has 0 heteroatoms. The molecular weight excluding hydrogens is 120 g/mol. The summed E-state index contributed by atoms with van der Waals surface area (Å²) in [5.74, 6) is 0. The molecule has 0 aromatic carbocycles. The summed E-state index contributed by atoms with van der Waals surface area (Å²) in [5.41, 5.74) is 2.66. The Labute approximate surface area is 64.0 Å². The molecule has 10 heavy (non-hydrogen) atoms. The number of hydrogen-bond donors (Lipinski definition) is 0. The minimum Gasteiger partial charge on any atom is -0.103 e. The standard InChI is InChI=1S/C10H16/c1-5-6-7-10(4)8-9(2)3/h5,7-8H,1,6H2,2-4H3. The fourth-order valence-corrected chi connectivity index (χ4v) is 0.783. The molecule has 0 N–H and O–H groups in total. The first-order valence-corrected chi connectivity index (χ1v) is 3.59. The van der Waals surface area contributed by atoms with E-state index in [0.717, 1.165) is 6.42 Å². The molecule has 0 saturated heterocycles. The van der Waals surface area contributed by atoms with E-state index in [4.69, 9.17) is 0 Å². The maximum absolute atomic E-state index is 3.65. The fourth-order valence-electron chi connectivity index (χ4n) is 0.783. The second-order valence-corrected chi connectivity index (χ2v) is 2.69. The molecule has 0 unspecified atom stereocenters. The lowest BCUT2D eigenvalue weighted by atomic mass is 10.2. The number of allylic oxidation sites excluding steroid dienone is 5. The van der Waals surface area contributed by atoms with Gasteiger partial charge in [-0.15, -0.1) is 6.58 Å². The van der Waals surface area contributed by atoms with Gasteiger partial charge in [0.1, 0.15) is 0 Å². The van der Waals surface area contributed by atoms with Gasteiger partial charge in [-0.3, -0.25) is 0 Å². The summed E-state index contributed by atoms with van der Waals surface area (Å²) >= 11 is 0. The maximum Gasteiger partial charge on any atom is -0.0166 e. The van der Waals surface area contributed by atoms with Crippen molar-refractivity contribution in [3.8, 4) is 0 Å². The van der Waals surface area contributed by atoms with Gasteiger partial charge in [-0.05, 0) is 27.2 Å². The Hall–Kier alpha value is -0.780. The predicted octanol–water partition coefficient (Wildman–Crippen LogP) is 3.48. The summed E-state index contributed by atoms with van der Waals surface area (Å²) in [6.07, 6.45) is 7.21. The first-order valence-electron chi connectivity index (χ1n) is 3.59. The Balaban J connectivity index is 3.94. The lowest BCUT2D eigenvalue weighted by molar-refractivity contribution is 1.30. The van der Waals surface area contributed by atoms with Crippen LogP contribution in [0.3, 0.4) is 0 Å². The van der Waals surface area contributed by atoms with Crippen molar-refractivity contribution in [1.29, 1.82) is 0 Å². The van der Waals surface area contributed by atoms with Crippen LogP contribution in [0.2, 0.25) is 0 Å². The molecule has 0 saturated carbocycles. The summed E-state index contributed by atoms with van der Waals surface area (Å²) in [6, 6.07) is 0. The monoisotopic (exact) mass is 136 g/mol. The molecule has 0 fully saturated rings. The molecule has 0 heterocycles. The van der Waals surface area contributed by atoms with Crippen molar-refractivity contribution < 1.29 is 0 Å². The van der Waals surface area contributed by atoms with E-state index >= 15 is 0 Å². The first-order chi connectivity index (χ1) is 4.66. The predicted molar refractivity (Wildman–Crippen MR) is 48.0 cm³/mol. The molecule has 0 aliphatic carbocycles. The number of hydrogen-bond acceptors (Lipinski definition) is 0. The van der Waals surface area contributed by atoms with E-state index in [1.54, 1.807) is 0 Å². The Kier molecular flexibility index (Phi) is 4.65. The maximum atomic E-state index is 3.65. The van der Waals surface area contributed by atoms with Gasteiger partial charge in [-0.25, -0.2) is 0 Å². The van der Waals surface area contributed by atoms with Crippen molar-refractivity contribution in [3.05, 3.63) is 36.0 Å². The van der Waals surface area contributed by atoms with Crippen molar-refractivity contribution in [3.63, 3.8) is 0 Å². The van der Waals surface area contributed by atoms with Gasteiger partial charge in [0.2, 0.25) is 0 Å². The van der Waals surface area contributed by atoms with Gasteiger partial charge in [0, 0.05) is 0 Å². The van der Waals surface area contributed by atoms with E-state index in [0.29, 0.717) is 0 Å². The van der Waals surface area contributed by atoms with E-state index in [2.05, 4.69) is 39.5 Å². The van der Waals surface area contributed by atoms with E-state index in [-0.39, 0.29) is 0 Å². The van der Waals surface area contributed by atoms with Crippen LogP contribution in [0.25, 0.3) is 0 Å². The molecule has 0 rings (SSSR count). The van der Waals surface area contributed by atoms with Gasteiger partial charge in [0.15, 0.2) is 0 Å². The molecule has 0 aliphatic rings. The van der Waals surface area contributed by atoms with Gasteiger partial charge in [0.25, 0.3) is 0 Å². The van der Waals surface area contributed by atoms with Gasteiger partial charge < -0.3 is 0 Å². The average Bonchev–Trinajstić information content (AvgIpc) is 1.82. The zero-order valence-corrected chi connectivity index (χ0v) is 7.15. The second-order valence-electron chi connectivity index (χ2n) is 2.69. The molecule has 0 radical (unpaired) electrons. The van der Waals surface area contributed by atoms with Crippen LogP contribution < -0.4 is 0 Å². The highest BCUT2D eigenvalue weighted by Gasteiger charge is 1.80. The fraction of sp³-hybridized carbons (Fsp3) is 0.400. The minimum absolute atomic E-state index is 0.968. The third kappa shape index (κ3) is 5.36. The second kappa shape index (κ2) is 5.04. The zero-order valence-electron chi connectivity index (χ0n) is 7.15. The molecule has 0 bridgehead atoms. The Morgan fingerprint density at radius 3 is 2.30 bits per heavy atom. The minimum atomic E-state index is 0.968.